The summed E-state index contributed by atoms with van der Waals surface area (Å²) in [6, 6.07) is 3.53. The predicted molar refractivity (Wildman–Crippen MR) is 69.4 cm³/mol. The normalized spacial score (nSPS) is 20.8. The largest absolute Gasteiger partial charge is 0.399 e. The molecule has 0 radical (unpaired) electrons. The minimum atomic E-state index is -3.85. The third-order valence-corrected chi connectivity index (χ3v) is 5.24. The van der Waals surface area contributed by atoms with E-state index in [4.69, 9.17) is 10.8 Å². The number of sulfonamides is 1. The summed E-state index contributed by atoms with van der Waals surface area (Å²) in [7, 11) is -3.85. The zero-order chi connectivity index (χ0) is 14.0. The van der Waals surface area contributed by atoms with E-state index in [-0.39, 0.29) is 23.1 Å². The molecule has 1 aromatic rings. The van der Waals surface area contributed by atoms with Crippen LogP contribution in [0, 0.1) is 11.7 Å². The highest BCUT2D eigenvalue weighted by molar-refractivity contribution is 7.89. The second-order valence-electron chi connectivity index (χ2n) is 4.72. The van der Waals surface area contributed by atoms with Gasteiger partial charge in [-0.25, -0.2) is 12.8 Å². The Kier molecular flexibility index (Phi) is 4.07. The highest BCUT2D eigenvalue weighted by Gasteiger charge is 2.33. The molecule has 3 N–H and O–H groups in total. The van der Waals surface area contributed by atoms with E-state index < -0.39 is 15.8 Å². The molecule has 1 unspecified atom stereocenters. The number of anilines is 1. The zero-order valence-electron chi connectivity index (χ0n) is 10.4. The molecule has 2 rings (SSSR count). The molecule has 0 saturated carbocycles. The third-order valence-electron chi connectivity index (χ3n) is 3.36. The standard InChI is InChI=1S/C12H17FN2O3S/c13-11-2-1-10(14)7-12(11)19(17,18)15-5-3-9(8-15)4-6-16/h1-2,7,9,16H,3-6,8,14H2. The maximum atomic E-state index is 13.7. The number of nitrogens with two attached hydrogens (primary N) is 1. The van der Waals surface area contributed by atoms with E-state index >= 15 is 0 Å². The molecule has 1 saturated heterocycles. The molecule has 106 valence electrons. The van der Waals surface area contributed by atoms with Crippen molar-refractivity contribution in [2.75, 3.05) is 25.4 Å². The van der Waals surface area contributed by atoms with E-state index in [1.54, 1.807) is 0 Å². The molecular weight excluding hydrogens is 271 g/mol. The number of hydrogen-bond acceptors (Lipinski definition) is 4. The van der Waals surface area contributed by atoms with Crippen LogP contribution in [0.2, 0.25) is 0 Å². The third kappa shape index (κ3) is 2.88. The van der Waals surface area contributed by atoms with E-state index in [0.29, 0.717) is 25.9 Å². The number of aliphatic hydroxyl groups excluding tert-OH is 1. The fourth-order valence-corrected chi connectivity index (χ4v) is 3.92. The second-order valence-corrected chi connectivity index (χ2v) is 6.63. The number of halogens is 1. The monoisotopic (exact) mass is 288 g/mol. The number of hydrogen-bond donors (Lipinski definition) is 2. The molecule has 1 atom stereocenters. The first-order valence-corrected chi connectivity index (χ1v) is 7.55. The average molecular weight is 288 g/mol. The van der Waals surface area contributed by atoms with Crippen molar-refractivity contribution in [3.05, 3.63) is 24.0 Å². The highest BCUT2D eigenvalue weighted by atomic mass is 32.2. The minimum Gasteiger partial charge on any atom is -0.399 e. The van der Waals surface area contributed by atoms with E-state index in [9.17, 15) is 12.8 Å². The van der Waals surface area contributed by atoms with Crippen molar-refractivity contribution in [3.63, 3.8) is 0 Å². The van der Waals surface area contributed by atoms with Crippen LogP contribution in [-0.4, -0.2) is 37.5 Å². The van der Waals surface area contributed by atoms with Crippen molar-refractivity contribution in [2.45, 2.75) is 17.7 Å². The van der Waals surface area contributed by atoms with Gasteiger partial charge in [0.2, 0.25) is 10.0 Å². The van der Waals surface area contributed by atoms with Crippen molar-refractivity contribution in [1.29, 1.82) is 0 Å². The lowest BCUT2D eigenvalue weighted by molar-refractivity contribution is 0.259. The van der Waals surface area contributed by atoms with Crippen LogP contribution < -0.4 is 5.73 Å². The summed E-state index contributed by atoms with van der Waals surface area (Å²) in [5.41, 5.74) is 5.73. The molecule has 1 aromatic carbocycles. The lowest BCUT2D eigenvalue weighted by Crippen LogP contribution is -2.29. The Morgan fingerprint density at radius 3 is 2.89 bits per heavy atom. The molecule has 1 aliphatic heterocycles. The SMILES string of the molecule is Nc1ccc(F)c(S(=O)(=O)N2CCC(CCO)C2)c1. The number of rotatable bonds is 4. The predicted octanol–water partition coefficient (Wildman–Crippen LogP) is 0.801. The second kappa shape index (κ2) is 5.44. The zero-order valence-corrected chi connectivity index (χ0v) is 11.2. The van der Waals surface area contributed by atoms with Gasteiger partial charge in [-0.1, -0.05) is 0 Å². The molecule has 0 aliphatic carbocycles. The van der Waals surface area contributed by atoms with Crippen molar-refractivity contribution in [2.24, 2.45) is 5.92 Å². The quantitative estimate of drug-likeness (QED) is 0.803. The van der Waals surface area contributed by atoms with Gasteiger partial charge in [0, 0.05) is 25.4 Å². The van der Waals surface area contributed by atoms with E-state index in [2.05, 4.69) is 0 Å². The molecule has 1 fully saturated rings. The summed E-state index contributed by atoms with van der Waals surface area (Å²) in [6.07, 6.45) is 1.25. The highest BCUT2D eigenvalue weighted by Crippen LogP contribution is 2.28. The van der Waals surface area contributed by atoms with Crippen LogP contribution >= 0.6 is 0 Å². The van der Waals surface area contributed by atoms with Crippen molar-refractivity contribution in [1.82, 2.24) is 4.31 Å². The maximum absolute atomic E-state index is 13.7. The van der Waals surface area contributed by atoms with Crippen LogP contribution in [0.15, 0.2) is 23.1 Å². The summed E-state index contributed by atoms with van der Waals surface area (Å²) in [5.74, 6) is -0.663. The van der Waals surface area contributed by atoms with E-state index in [1.165, 1.54) is 10.4 Å². The molecule has 0 amide bonds. The molecule has 5 nitrogen and oxygen atoms in total. The molecular formula is C12H17FN2O3S. The van der Waals surface area contributed by atoms with Gasteiger partial charge >= 0.3 is 0 Å². The van der Waals surface area contributed by atoms with Gasteiger partial charge in [-0.05, 0) is 37.0 Å². The first-order chi connectivity index (χ1) is 8.95. The number of nitrogen functional groups attached to an aromatic ring is 1. The molecule has 0 bridgehead atoms. The molecule has 19 heavy (non-hydrogen) atoms. The van der Waals surface area contributed by atoms with Gasteiger partial charge in [0.15, 0.2) is 0 Å². The Hall–Kier alpha value is -1.18. The fraction of sp³-hybridized carbons (Fsp3) is 0.500. The number of benzene rings is 1. The van der Waals surface area contributed by atoms with E-state index in [0.717, 1.165) is 12.1 Å². The molecule has 1 heterocycles. The number of nitrogens with zero attached hydrogens (tertiary/aromatic N) is 1. The van der Waals surface area contributed by atoms with Gasteiger partial charge in [0.05, 0.1) is 0 Å². The fourth-order valence-electron chi connectivity index (χ4n) is 2.29. The Morgan fingerprint density at radius 1 is 1.47 bits per heavy atom. The lowest BCUT2D eigenvalue weighted by Gasteiger charge is -2.17. The maximum Gasteiger partial charge on any atom is 0.246 e. The summed E-state index contributed by atoms with van der Waals surface area (Å²) < 4.78 is 39.6. The Labute approximate surface area is 111 Å². The van der Waals surface area contributed by atoms with Crippen molar-refractivity contribution in [3.8, 4) is 0 Å². The van der Waals surface area contributed by atoms with Crippen LogP contribution in [-0.2, 0) is 10.0 Å². The first-order valence-electron chi connectivity index (χ1n) is 6.11. The van der Waals surface area contributed by atoms with Gasteiger partial charge < -0.3 is 10.8 Å². The Morgan fingerprint density at radius 2 is 2.21 bits per heavy atom. The van der Waals surface area contributed by atoms with Crippen molar-refractivity contribution >= 4 is 15.7 Å². The summed E-state index contributed by atoms with van der Waals surface area (Å²) in [4.78, 5) is -0.378. The van der Waals surface area contributed by atoms with Crippen LogP contribution in [0.1, 0.15) is 12.8 Å². The van der Waals surface area contributed by atoms with Gasteiger partial charge in [0.1, 0.15) is 10.7 Å². The summed E-state index contributed by atoms with van der Waals surface area (Å²) >= 11 is 0. The average Bonchev–Trinajstić information content (AvgIpc) is 2.82. The van der Waals surface area contributed by atoms with E-state index in [1.807, 2.05) is 0 Å². The van der Waals surface area contributed by atoms with Crippen LogP contribution in [0.3, 0.4) is 0 Å². The van der Waals surface area contributed by atoms with Crippen LogP contribution in [0.25, 0.3) is 0 Å². The van der Waals surface area contributed by atoms with Gasteiger partial charge in [-0.2, -0.15) is 4.31 Å². The lowest BCUT2D eigenvalue weighted by atomic mass is 10.1. The Bertz CT molecular complexity index is 562. The molecule has 0 aromatic heterocycles. The van der Waals surface area contributed by atoms with Crippen molar-refractivity contribution < 1.29 is 17.9 Å². The van der Waals surface area contributed by atoms with Gasteiger partial charge in [0.25, 0.3) is 0 Å². The summed E-state index contributed by atoms with van der Waals surface area (Å²) in [6.45, 7) is 0.698. The number of aliphatic hydroxyl groups is 1. The molecule has 7 heteroatoms. The Balaban J connectivity index is 2.26. The smallest absolute Gasteiger partial charge is 0.246 e. The molecule has 1 aliphatic rings. The van der Waals surface area contributed by atoms with Crippen LogP contribution in [0.5, 0.6) is 0 Å². The minimum absolute atomic E-state index is 0.0329. The molecule has 0 spiro atoms. The van der Waals surface area contributed by atoms with Gasteiger partial charge in [-0.15, -0.1) is 0 Å². The van der Waals surface area contributed by atoms with Gasteiger partial charge in [-0.3, -0.25) is 0 Å². The topological polar surface area (TPSA) is 83.6 Å². The summed E-state index contributed by atoms with van der Waals surface area (Å²) in [5, 5.41) is 8.87. The van der Waals surface area contributed by atoms with Crippen LogP contribution in [0.4, 0.5) is 10.1 Å². The first kappa shape index (κ1) is 14.2.